The Kier molecular flexibility index (Phi) is 5.88. The Labute approximate surface area is 159 Å². The second-order valence-electron chi connectivity index (χ2n) is 7.24. The van der Waals surface area contributed by atoms with Crippen molar-refractivity contribution in [1.82, 2.24) is 20.1 Å². The highest BCUT2D eigenvalue weighted by molar-refractivity contribution is 7.71. The minimum absolute atomic E-state index is 0.0646. The topological polar surface area (TPSA) is 71.9 Å². The fourth-order valence-corrected chi connectivity index (χ4v) is 3.64. The standard InChI is InChI=1S/C19H26N4O2S/c1-12(2)17-15(8-9-25-17)10-20-16(24)11-23-18(21-22-19(23)26)14-6-4-13(3)5-7-14/h4-7,12,15,17H,8-11H2,1-3H3,(H,20,24)(H,22,26)/t15-,17-/m1/s1. The van der Waals surface area contributed by atoms with Crippen molar-refractivity contribution < 1.29 is 9.53 Å². The van der Waals surface area contributed by atoms with Crippen LogP contribution in [0.1, 0.15) is 25.8 Å². The van der Waals surface area contributed by atoms with Gasteiger partial charge >= 0.3 is 0 Å². The summed E-state index contributed by atoms with van der Waals surface area (Å²) < 4.78 is 7.96. The van der Waals surface area contributed by atoms with Crippen molar-refractivity contribution in [3.63, 3.8) is 0 Å². The van der Waals surface area contributed by atoms with Crippen LogP contribution in [0.3, 0.4) is 0 Å². The van der Waals surface area contributed by atoms with Gasteiger partial charge in [0.1, 0.15) is 6.54 Å². The van der Waals surface area contributed by atoms with Crippen LogP contribution < -0.4 is 5.32 Å². The second-order valence-corrected chi connectivity index (χ2v) is 7.62. The number of carbonyl (C=O) groups is 1. The van der Waals surface area contributed by atoms with E-state index in [-0.39, 0.29) is 18.6 Å². The van der Waals surface area contributed by atoms with E-state index >= 15 is 0 Å². The molecule has 6 nitrogen and oxygen atoms in total. The molecule has 0 bridgehead atoms. The minimum Gasteiger partial charge on any atom is -0.378 e. The van der Waals surface area contributed by atoms with Crippen LogP contribution in [0.25, 0.3) is 11.4 Å². The van der Waals surface area contributed by atoms with E-state index in [9.17, 15) is 4.79 Å². The Morgan fingerprint density at radius 1 is 1.42 bits per heavy atom. The number of aromatic nitrogens is 3. The van der Waals surface area contributed by atoms with Crippen LogP contribution in [0.15, 0.2) is 24.3 Å². The summed E-state index contributed by atoms with van der Waals surface area (Å²) in [5.41, 5.74) is 2.10. The summed E-state index contributed by atoms with van der Waals surface area (Å²) in [5, 5.41) is 10.1. The molecule has 1 aromatic carbocycles. The molecule has 0 unspecified atom stereocenters. The average Bonchev–Trinajstić information content (AvgIpc) is 3.22. The normalized spacial score (nSPS) is 19.8. The lowest BCUT2D eigenvalue weighted by atomic mass is 9.93. The lowest BCUT2D eigenvalue weighted by Crippen LogP contribution is -2.36. The summed E-state index contributed by atoms with van der Waals surface area (Å²) in [6.07, 6.45) is 1.21. The molecule has 1 aromatic heterocycles. The number of hydrogen-bond acceptors (Lipinski definition) is 4. The zero-order valence-electron chi connectivity index (χ0n) is 15.5. The average molecular weight is 375 g/mol. The molecule has 0 saturated carbocycles. The number of benzene rings is 1. The number of nitrogens with one attached hydrogen (secondary N) is 2. The lowest BCUT2D eigenvalue weighted by Gasteiger charge is -2.22. The Morgan fingerprint density at radius 2 is 2.15 bits per heavy atom. The maximum absolute atomic E-state index is 12.5. The number of aryl methyl sites for hydroxylation is 1. The number of aromatic amines is 1. The zero-order valence-corrected chi connectivity index (χ0v) is 16.3. The molecule has 3 rings (SSSR count). The van der Waals surface area contributed by atoms with E-state index < -0.39 is 0 Å². The molecule has 7 heteroatoms. The van der Waals surface area contributed by atoms with Gasteiger partial charge in [0.25, 0.3) is 0 Å². The highest BCUT2D eigenvalue weighted by atomic mass is 32.1. The summed E-state index contributed by atoms with van der Waals surface area (Å²) in [7, 11) is 0. The van der Waals surface area contributed by atoms with Gasteiger partial charge in [0.2, 0.25) is 5.91 Å². The molecular weight excluding hydrogens is 348 g/mol. The SMILES string of the molecule is Cc1ccc(-c2n[nH]c(=S)n2CC(=O)NC[C@H]2CCO[C@@H]2C(C)C)cc1. The quantitative estimate of drug-likeness (QED) is 0.762. The van der Waals surface area contributed by atoms with E-state index in [0.29, 0.717) is 29.0 Å². The fraction of sp³-hybridized carbons (Fsp3) is 0.526. The van der Waals surface area contributed by atoms with E-state index in [1.54, 1.807) is 4.57 Å². The Hall–Kier alpha value is -1.99. The summed E-state index contributed by atoms with van der Waals surface area (Å²) in [5.74, 6) is 1.43. The molecule has 2 aromatic rings. The van der Waals surface area contributed by atoms with Gasteiger partial charge < -0.3 is 10.1 Å². The second kappa shape index (κ2) is 8.14. The molecule has 1 fully saturated rings. The zero-order chi connectivity index (χ0) is 18.7. The first-order valence-corrected chi connectivity index (χ1v) is 9.47. The Balaban J connectivity index is 1.65. The molecule has 0 radical (unpaired) electrons. The molecule has 2 N–H and O–H groups in total. The summed E-state index contributed by atoms with van der Waals surface area (Å²) >= 11 is 5.31. The highest BCUT2D eigenvalue weighted by Crippen LogP contribution is 2.26. The van der Waals surface area contributed by atoms with Crippen molar-refractivity contribution in [2.24, 2.45) is 11.8 Å². The van der Waals surface area contributed by atoms with Gasteiger partial charge in [0.15, 0.2) is 10.6 Å². The molecule has 1 aliphatic heterocycles. The predicted molar refractivity (Wildman–Crippen MR) is 103 cm³/mol. The van der Waals surface area contributed by atoms with Crippen LogP contribution in [-0.4, -0.2) is 39.9 Å². The van der Waals surface area contributed by atoms with E-state index in [0.717, 1.165) is 18.6 Å². The van der Waals surface area contributed by atoms with Crippen LogP contribution in [0.2, 0.25) is 0 Å². The molecule has 0 aliphatic carbocycles. The molecule has 2 atom stereocenters. The number of hydrogen-bond donors (Lipinski definition) is 2. The first-order valence-electron chi connectivity index (χ1n) is 9.06. The Morgan fingerprint density at radius 3 is 2.85 bits per heavy atom. The van der Waals surface area contributed by atoms with Gasteiger partial charge in [0.05, 0.1) is 6.10 Å². The molecule has 1 amide bonds. The molecule has 0 spiro atoms. The minimum atomic E-state index is -0.0646. The van der Waals surface area contributed by atoms with Crippen LogP contribution in [0.4, 0.5) is 0 Å². The van der Waals surface area contributed by atoms with Gasteiger partial charge in [-0.15, -0.1) is 0 Å². The first-order chi connectivity index (χ1) is 12.5. The van der Waals surface area contributed by atoms with Crippen molar-refractivity contribution in [1.29, 1.82) is 0 Å². The third-order valence-corrected chi connectivity index (χ3v) is 5.16. The summed E-state index contributed by atoms with van der Waals surface area (Å²) in [6.45, 7) is 7.90. The maximum Gasteiger partial charge on any atom is 0.240 e. The summed E-state index contributed by atoms with van der Waals surface area (Å²) in [4.78, 5) is 12.5. The first kappa shape index (κ1) is 18.8. The van der Waals surface area contributed by atoms with Gasteiger partial charge in [-0.3, -0.25) is 14.5 Å². The number of H-pyrrole nitrogens is 1. The smallest absolute Gasteiger partial charge is 0.240 e. The van der Waals surface area contributed by atoms with E-state index in [2.05, 4.69) is 29.4 Å². The van der Waals surface area contributed by atoms with Gasteiger partial charge in [-0.05, 0) is 31.5 Å². The number of rotatable bonds is 6. The molecule has 140 valence electrons. The van der Waals surface area contributed by atoms with Gasteiger partial charge in [-0.25, -0.2) is 0 Å². The lowest BCUT2D eigenvalue weighted by molar-refractivity contribution is -0.122. The van der Waals surface area contributed by atoms with E-state index in [1.165, 1.54) is 5.56 Å². The number of carbonyl (C=O) groups excluding carboxylic acids is 1. The molecule has 1 aliphatic rings. The monoisotopic (exact) mass is 374 g/mol. The molecule has 1 saturated heterocycles. The van der Waals surface area contributed by atoms with E-state index in [4.69, 9.17) is 17.0 Å². The van der Waals surface area contributed by atoms with Gasteiger partial charge in [-0.2, -0.15) is 5.10 Å². The van der Waals surface area contributed by atoms with Crippen molar-refractivity contribution >= 4 is 18.1 Å². The van der Waals surface area contributed by atoms with Gasteiger partial charge in [-0.1, -0.05) is 43.7 Å². The van der Waals surface area contributed by atoms with Crippen LogP contribution >= 0.6 is 12.2 Å². The van der Waals surface area contributed by atoms with Crippen molar-refractivity contribution in [3.05, 3.63) is 34.6 Å². The van der Waals surface area contributed by atoms with Crippen LogP contribution in [0, 0.1) is 23.5 Å². The molecular formula is C19H26N4O2S. The van der Waals surface area contributed by atoms with Crippen LogP contribution in [0.5, 0.6) is 0 Å². The van der Waals surface area contributed by atoms with Crippen molar-refractivity contribution in [2.75, 3.05) is 13.2 Å². The third kappa shape index (κ3) is 4.22. The van der Waals surface area contributed by atoms with E-state index in [1.807, 2.05) is 31.2 Å². The Bertz CT molecular complexity index is 810. The maximum atomic E-state index is 12.5. The number of ether oxygens (including phenoxy) is 1. The molecule has 2 heterocycles. The number of amides is 1. The van der Waals surface area contributed by atoms with Gasteiger partial charge in [0, 0.05) is 24.6 Å². The highest BCUT2D eigenvalue weighted by Gasteiger charge is 2.30. The largest absolute Gasteiger partial charge is 0.378 e. The van der Waals surface area contributed by atoms with Crippen LogP contribution in [-0.2, 0) is 16.1 Å². The number of nitrogens with zero attached hydrogens (tertiary/aromatic N) is 2. The van der Waals surface area contributed by atoms with Crippen molar-refractivity contribution in [3.8, 4) is 11.4 Å². The molecule has 26 heavy (non-hydrogen) atoms. The predicted octanol–water partition coefficient (Wildman–Crippen LogP) is 3.09. The summed E-state index contributed by atoms with van der Waals surface area (Å²) in [6, 6.07) is 8.00. The fourth-order valence-electron chi connectivity index (χ4n) is 3.44. The third-order valence-electron chi connectivity index (χ3n) is 4.85. The van der Waals surface area contributed by atoms with Crippen molar-refractivity contribution in [2.45, 2.75) is 39.8 Å².